The zero-order valence-corrected chi connectivity index (χ0v) is 11.3. The van der Waals surface area contributed by atoms with Gasteiger partial charge in [-0.15, -0.1) is 0 Å². The molecule has 0 aliphatic carbocycles. The van der Waals surface area contributed by atoms with Gasteiger partial charge in [-0.2, -0.15) is 0 Å². The molecule has 0 amide bonds. The second kappa shape index (κ2) is 5.66. The van der Waals surface area contributed by atoms with Gasteiger partial charge < -0.3 is 10.6 Å². The van der Waals surface area contributed by atoms with E-state index in [2.05, 4.69) is 41.4 Å². The maximum absolute atomic E-state index is 4.43. The number of aliphatic imine (C=N–C) groups is 1. The lowest BCUT2D eigenvalue weighted by Crippen LogP contribution is -2.47. The third kappa shape index (κ3) is 5.33. The minimum atomic E-state index is 0.00186. The number of guanidine groups is 1. The molecule has 1 rings (SSSR count). The van der Waals surface area contributed by atoms with Crippen LogP contribution in [0.2, 0.25) is 0 Å². The average molecular weight is 234 g/mol. The van der Waals surface area contributed by atoms with Crippen LogP contribution in [0.1, 0.15) is 32.2 Å². The van der Waals surface area contributed by atoms with E-state index in [4.69, 9.17) is 0 Å². The smallest absolute Gasteiger partial charge is 0.191 e. The Kier molecular flexibility index (Phi) is 4.49. The van der Waals surface area contributed by atoms with E-state index in [1.807, 2.05) is 25.1 Å². The van der Waals surface area contributed by atoms with Crippen LogP contribution >= 0.6 is 0 Å². The number of pyridine rings is 1. The molecule has 94 valence electrons. The van der Waals surface area contributed by atoms with Crippen molar-refractivity contribution < 1.29 is 0 Å². The molecule has 1 aromatic heterocycles. The third-order valence-corrected chi connectivity index (χ3v) is 2.10. The zero-order chi connectivity index (χ0) is 12.9. The Hall–Kier alpha value is -1.58. The fourth-order valence-electron chi connectivity index (χ4n) is 1.41. The fraction of sp³-hybridized carbons (Fsp3) is 0.538. The maximum atomic E-state index is 4.43. The summed E-state index contributed by atoms with van der Waals surface area (Å²) in [5.41, 5.74) is 2.05. The molecule has 0 radical (unpaired) electrons. The first kappa shape index (κ1) is 13.5. The van der Waals surface area contributed by atoms with Gasteiger partial charge in [0, 0.05) is 18.3 Å². The molecule has 1 heterocycles. The van der Waals surface area contributed by atoms with Crippen LogP contribution in [0.3, 0.4) is 0 Å². The van der Waals surface area contributed by atoms with E-state index in [0.717, 1.165) is 17.3 Å². The first-order chi connectivity index (χ1) is 7.90. The fourth-order valence-corrected chi connectivity index (χ4v) is 1.41. The molecule has 0 aliphatic heterocycles. The summed E-state index contributed by atoms with van der Waals surface area (Å²) in [6, 6.07) is 6.01. The van der Waals surface area contributed by atoms with Crippen LogP contribution in [0, 0.1) is 6.92 Å². The highest BCUT2D eigenvalue weighted by atomic mass is 15.2. The molecule has 0 atom stereocenters. The number of hydrogen-bond donors (Lipinski definition) is 2. The van der Waals surface area contributed by atoms with Crippen LogP contribution in [-0.4, -0.2) is 23.5 Å². The maximum Gasteiger partial charge on any atom is 0.191 e. The molecular formula is C13H22N4. The Morgan fingerprint density at radius 1 is 1.35 bits per heavy atom. The van der Waals surface area contributed by atoms with Gasteiger partial charge in [-0.25, -0.2) is 0 Å². The first-order valence-electron chi connectivity index (χ1n) is 5.82. The van der Waals surface area contributed by atoms with Gasteiger partial charge >= 0.3 is 0 Å². The Bertz CT molecular complexity index is 391. The first-order valence-corrected chi connectivity index (χ1v) is 5.82. The number of aryl methyl sites for hydroxylation is 1. The minimum absolute atomic E-state index is 0.00186. The lowest BCUT2D eigenvalue weighted by molar-refractivity contribution is 0.501. The van der Waals surface area contributed by atoms with Crippen LogP contribution in [0.5, 0.6) is 0 Å². The summed E-state index contributed by atoms with van der Waals surface area (Å²) in [7, 11) is 1.77. The van der Waals surface area contributed by atoms with Gasteiger partial charge in [0.1, 0.15) is 0 Å². The molecule has 17 heavy (non-hydrogen) atoms. The van der Waals surface area contributed by atoms with Crippen LogP contribution in [0.4, 0.5) is 0 Å². The van der Waals surface area contributed by atoms with Gasteiger partial charge in [-0.05, 0) is 39.8 Å². The van der Waals surface area contributed by atoms with Crippen molar-refractivity contribution in [3.05, 3.63) is 29.6 Å². The summed E-state index contributed by atoms with van der Waals surface area (Å²) in [5, 5.41) is 6.55. The molecule has 2 N–H and O–H groups in total. The molecular weight excluding hydrogens is 212 g/mol. The second-order valence-corrected chi connectivity index (χ2v) is 5.07. The standard InChI is InChI=1S/C13H22N4/c1-10-7-6-8-11(16-10)9-15-12(14-5)17-13(2,3)4/h6-8H,9H2,1-5H3,(H2,14,15,17). The normalized spacial score (nSPS) is 12.4. The zero-order valence-electron chi connectivity index (χ0n) is 11.3. The van der Waals surface area contributed by atoms with Crippen molar-refractivity contribution in [2.24, 2.45) is 4.99 Å². The topological polar surface area (TPSA) is 49.3 Å². The lowest BCUT2D eigenvalue weighted by Gasteiger charge is -2.23. The molecule has 0 fully saturated rings. The number of rotatable bonds is 2. The predicted octanol–water partition coefficient (Wildman–Crippen LogP) is 1.85. The lowest BCUT2D eigenvalue weighted by atomic mass is 10.1. The SMILES string of the molecule is CN=C(NCc1cccc(C)n1)NC(C)(C)C. The summed E-state index contributed by atoms with van der Waals surface area (Å²) < 4.78 is 0. The highest BCUT2D eigenvalue weighted by Crippen LogP contribution is 1.99. The number of hydrogen-bond acceptors (Lipinski definition) is 2. The van der Waals surface area contributed by atoms with E-state index in [0.29, 0.717) is 6.54 Å². The monoisotopic (exact) mass is 234 g/mol. The van der Waals surface area contributed by atoms with E-state index < -0.39 is 0 Å². The van der Waals surface area contributed by atoms with Crippen molar-refractivity contribution in [3.8, 4) is 0 Å². The third-order valence-electron chi connectivity index (χ3n) is 2.10. The van der Waals surface area contributed by atoms with E-state index in [9.17, 15) is 0 Å². The largest absolute Gasteiger partial charge is 0.352 e. The van der Waals surface area contributed by atoms with Crippen molar-refractivity contribution in [3.63, 3.8) is 0 Å². The Balaban J connectivity index is 2.54. The molecule has 0 aliphatic rings. The van der Waals surface area contributed by atoms with Crippen molar-refractivity contribution >= 4 is 5.96 Å². The molecule has 0 saturated heterocycles. The van der Waals surface area contributed by atoms with Crippen molar-refractivity contribution in [2.45, 2.75) is 39.8 Å². The van der Waals surface area contributed by atoms with Crippen LogP contribution in [-0.2, 0) is 6.54 Å². The van der Waals surface area contributed by atoms with Gasteiger partial charge in [0.25, 0.3) is 0 Å². The Morgan fingerprint density at radius 2 is 2.06 bits per heavy atom. The molecule has 0 bridgehead atoms. The Morgan fingerprint density at radius 3 is 2.59 bits per heavy atom. The van der Waals surface area contributed by atoms with Gasteiger partial charge in [0.2, 0.25) is 0 Å². The van der Waals surface area contributed by atoms with Gasteiger partial charge in [0.05, 0.1) is 12.2 Å². The summed E-state index contributed by atoms with van der Waals surface area (Å²) >= 11 is 0. The van der Waals surface area contributed by atoms with Gasteiger partial charge in [-0.3, -0.25) is 9.98 Å². The highest BCUT2D eigenvalue weighted by Gasteiger charge is 2.11. The quantitative estimate of drug-likeness (QED) is 0.606. The molecule has 4 heteroatoms. The number of nitrogens with zero attached hydrogens (tertiary/aromatic N) is 2. The highest BCUT2D eigenvalue weighted by molar-refractivity contribution is 5.80. The summed E-state index contributed by atoms with van der Waals surface area (Å²) in [6.45, 7) is 8.98. The van der Waals surface area contributed by atoms with Crippen LogP contribution < -0.4 is 10.6 Å². The molecule has 0 unspecified atom stereocenters. The van der Waals surface area contributed by atoms with E-state index in [-0.39, 0.29) is 5.54 Å². The summed E-state index contributed by atoms with van der Waals surface area (Å²) in [6.07, 6.45) is 0. The molecule has 0 aromatic carbocycles. The van der Waals surface area contributed by atoms with E-state index in [1.54, 1.807) is 7.05 Å². The van der Waals surface area contributed by atoms with Gasteiger partial charge in [0.15, 0.2) is 5.96 Å². The molecule has 0 saturated carbocycles. The minimum Gasteiger partial charge on any atom is -0.352 e. The van der Waals surface area contributed by atoms with Crippen LogP contribution in [0.25, 0.3) is 0 Å². The van der Waals surface area contributed by atoms with Crippen LogP contribution in [0.15, 0.2) is 23.2 Å². The van der Waals surface area contributed by atoms with Gasteiger partial charge in [-0.1, -0.05) is 6.07 Å². The van der Waals surface area contributed by atoms with E-state index >= 15 is 0 Å². The Labute approximate surface area is 104 Å². The molecule has 4 nitrogen and oxygen atoms in total. The number of nitrogens with one attached hydrogen (secondary N) is 2. The molecule has 1 aromatic rings. The van der Waals surface area contributed by atoms with Crippen molar-refractivity contribution in [1.29, 1.82) is 0 Å². The summed E-state index contributed by atoms with van der Waals surface area (Å²) in [4.78, 5) is 8.61. The van der Waals surface area contributed by atoms with Crippen molar-refractivity contribution in [1.82, 2.24) is 15.6 Å². The average Bonchev–Trinajstić information content (AvgIpc) is 2.23. The summed E-state index contributed by atoms with van der Waals surface area (Å²) in [5.74, 6) is 0.792. The second-order valence-electron chi connectivity index (χ2n) is 5.07. The van der Waals surface area contributed by atoms with E-state index in [1.165, 1.54) is 0 Å². The van der Waals surface area contributed by atoms with Crippen molar-refractivity contribution in [2.75, 3.05) is 7.05 Å². The molecule has 0 spiro atoms. The number of aromatic nitrogens is 1. The predicted molar refractivity (Wildman–Crippen MR) is 72.1 cm³/mol.